The normalized spacial score (nSPS) is 23.3. The van der Waals surface area contributed by atoms with Crippen molar-refractivity contribution in [3.8, 4) is 0 Å². The lowest BCUT2D eigenvalue weighted by Gasteiger charge is -2.34. The molecule has 0 aromatic carbocycles. The van der Waals surface area contributed by atoms with Crippen LogP contribution in [0.15, 0.2) is 0 Å². The Kier molecular flexibility index (Phi) is 4.09. The number of carbonyl (C=O) groups is 1. The summed E-state index contributed by atoms with van der Waals surface area (Å²) in [5.74, 6) is 0.758. The molecule has 0 atom stereocenters. The minimum atomic E-state index is -0.391. The summed E-state index contributed by atoms with van der Waals surface area (Å²) in [5, 5.41) is 3.46. The molecule has 0 bridgehead atoms. The molecule has 0 unspecified atom stereocenters. The first kappa shape index (κ1) is 14.6. The van der Waals surface area contributed by atoms with Gasteiger partial charge in [0.05, 0.1) is 0 Å². The van der Waals surface area contributed by atoms with Crippen molar-refractivity contribution in [1.29, 1.82) is 0 Å². The first-order valence-electron chi connectivity index (χ1n) is 7.50. The van der Waals surface area contributed by atoms with Crippen molar-refractivity contribution < 1.29 is 9.53 Å². The third-order valence-corrected chi connectivity index (χ3v) is 4.33. The Morgan fingerprint density at radius 3 is 2.32 bits per heavy atom. The van der Waals surface area contributed by atoms with E-state index in [0.717, 1.165) is 31.8 Å². The Morgan fingerprint density at radius 1 is 1.32 bits per heavy atom. The maximum atomic E-state index is 12.0. The lowest BCUT2D eigenvalue weighted by Crippen LogP contribution is -2.43. The summed E-state index contributed by atoms with van der Waals surface area (Å²) < 4.78 is 5.42. The van der Waals surface area contributed by atoms with Crippen molar-refractivity contribution in [3.63, 3.8) is 0 Å². The van der Waals surface area contributed by atoms with E-state index < -0.39 is 5.60 Å². The molecular weight excluding hydrogens is 240 g/mol. The molecule has 110 valence electrons. The zero-order chi connectivity index (χ0) is 14.1. The lowest BCUT2D eigenvalue weighted by molar-refractivity contribution is 0.0177. The second-order valence-electron chi connectivity index (χ2n) is 7.15. The summed E-state index contributed by atoms with van der Waals surface area (Å²) in [7, 11) is 2.07. The fraction of sp³-hybridized carbons (Fsp3) is 0.933. The van der Waals surface area contributed by atoms with E-state index in [2.05, 4.69) is 12.4 Å². The Hall–Kier alpha value is -0.770. The molecule has 0 spiro atoms. The number of likely N-dealkylation sites (tertiary alicyclic amines) is 1. The average molecular weight is 268 g/mol. The Bertz CT molecular complexity index is 324. The monoisotopic (exact) mass is 268 g/mol. The Morgan fingerprint density at radius 2 is 1.89 bits per heavy atom. The molecule has 0 radical (unpaired) electrons. The minimum Gasteiger partial charge on any atom is -0.444 e. The topological polar surface area (TPSA) is 41.6 Å². The first-order valence-corrected chi connectivity index (χ1v) is 7.50. The van der Waals surface area contributed by atoms with Gasteiger partial charge in [0.1, 0.15) is 5.60 Å². The second-order valence-corrected chi connectivity index (χ2v) is 7.15. The van der Waals surface area contributed by atoms with Crippen LogP contribution >= 0.6 is 0 Å². The van der Waals surface area contributed by atoms with E-state index in [1.165, 1.54) is 19.3 Å². The minimum absolute atomic E-state index is 0.152. The molecule has 4 heteroatoms. The zero-order valence-corrected chi connectivity index (χ0v) is 12.8. The number of hydrogen-bond acceptors (Lipinski definition) is 3. The van der Waals surface area contributed by atoms with Gasteiger partial charge in [-0.2, -0.15) is 0 Å². The molecule has 2 aliphatic rings. The number of amides is 1. The van der Waals surface area contributed by atoms with Gasteiger partial charge in [-0.3, -0.25) is 0 Å². The molecule has 1 heterocycles. The smallest absolute Gasteiger partial charge is 0.410 e. The van der Waals surface area contributed by atoms with Gasteiger partial charge >= 0.3 is 6.09 Å². The van der Waals surface area contributed by atoms with Gasteiger partial charge in [-0.25, -0.2) is 4.79 Å². The quantitative estimate of drug-likeness (QED) is 0.855. The molecule has 0 aromatic rings. The van der Waals surface area contributed by atoms with E-state index in [9.17, 15) is 4.79 Å². The largest absolute Gasteiger partial charge is 0.444 e. The van der Waals surface area contributed by atoms with Crippen LogP contribution in [-0.2, 0) is 4.74 Å². The fourth-order valence-electron chi connectivity index (χ4n) is 2.91. The molecule has 1 saturated heterocycles. The predicted molar refractivity (Wildman–Crippen MR) is 76.2 cm³/mol. The van der Waals surface area contributed by atoms with Crippen molar-refractivity contribution in [2.45, 2.75) is 64.0 Å². The summed E-state index contributed by atoms with van der Waals surface area (Å²) in [6.07, 6.45) is 5.98. The molecule has 2 rings (SSSR count). The van der Waals surface area contributed by atoms with E-state index in [-0.39, 0.29) is 6.09 Å². The van der Waals surface area contributed by atoms with E-state index in [4.69, 9.17) is 4.74 Å². The molecule has 19 heavy (non-hydrogen) atoms. The molecular formula is C15H28N2O2. The van der Waals surface area contributed by atoms with Gasteiger partial charge in [-0.1, -0.05) is 0 Å². The van der Waals surface area contributed by atoms with Crippen LogP contribution in [0.5, 0.6) is 0 Å². The summed E-state index contributed by atoms with van der Waals surface area (Å²) in [5.41, 5.74) is 0.0386. The molecule has 2 fully saturated rings. The number of carbonyl (C=O) groups excluding carboxylic acids is 1. The molecule has 1 amide bonds. The first-order chi connectivity index (χ1) is 8.84. The molecule has 1 aliphatic carbocycles. The summed E-state index contributed by atoms with van der Waals surface area (Å²) in [6, 6.07) is 0. The van der Waals surface area contributed by atoms with Crippen LogP contribution in [-0.4, -0.2) is 42.3 Å². The van der Waals surface area contributed by atoms with E-state index in [1.54, 1.807) is 0 Å². The number of nitrogens with one attached hydrogen (secondary N) is 1. The molecule has 1 N–H and O–H groups in total. The maximum absolute atomic E-state index is 12.0. The van der Waals surface area contributed by atoms with Gasteiger partial charge in [-0.15, -0.1) is 0 Å². The molecule has 4 nitrogen and oxygen atoms in total. The molecule has 1 aliphatic heterocycles. The van der Waals surface area contributed by atoms with Gasteiger partial charge < -0.3 is 15.0 Å². The highest BCUT2D eigenvalue weighted by Crippen LogP contribution is 2.42. The van der Waals surface area contributed by atoms with Crippen LogP contribution in [0.25, 0.3) is 0 Å². The zero-order valence-electron chi connectivity index (χ0n) is 12.8. The van der Waals surface area contributed by atoms with Crippen LogP contribution < -0.4 is 5.32 Å². The van der Waals surface area contributed by atoms with E-state index in [0.29, 0.717) is 5.54 Å². The summed E-state index contributed by atoms with van der Waals surface area (Å²) in [6.45, 7) is 7.45. The highest BCUT2D eigenvalue weighted by Gasteiger charge is 2.43. The number of piperidine rings is 1. The van der Waals surface area contributed by atoms with E-state index in [1.807, 2.05) is 25.7 Å². The number of rotatable bonds is 3. The third-order valence-electron chi connectivity index (χ3n) is 4.33. The van der Waals surface area contributed by atoms with Crippen LogP contribution in [0.1, 0.15) is 52.9 Å². The van der Waals surface area contributed by atoms with Crippen molar-refractivity contribution in [2.75, 3.05) is 20.1 Å². The Balaban J connectivity index is 1.74. The van der Waals surface area contributed by atoms with Crippen LogP contribution in [0.3, 0.4) is 0 Å². The summed E-state index contributed by atoms with van der Waals surface area (Å²) in [4.78, 5) is 13.8. The van der Waals surface area contributed by atoms with Crippen molar-refractivity contribution >= 4 is 6.09 Å². The maximum Gasteiger partial charge on any atom is 0.410 e. The molecule has 1 saturated carbocycles. The highest BCUT2D eigenvalue weighted by molar-refractivity contribution is 5.68. The average Bonchev–Trinajstić information content (AvgIpc) is 3.08. The Labute approximate surface area is 116 Å². The highest BCUT2D eigenvalue weighted by atomic mass is 16.6. The fourth-order valence-corrected chi connectivity index (χ4v) is 2.91. The van der Waals surface area contributed by atoms with Gasteiger partial charge in [0.15, 0.2) is 0 Å². The van der Waals surface area contributed by atoms with Gasteiger partial charge in [0, 0.05) is 18.6 Å². The standard InChI is InChI=1S/C15H28N2O2/c1-14(2,3)19-13(18)17-9-5-12(6-10-17)11-15(16-4)7-8-15/h12,16H,5-11H2,1-4H3. The number of nitrogens with zero attached hydrogens (tertiary/aromatic N) is 1. The second kappa shape index (κ2) is 5.31. The van der Waals surface area contributed by atoms with Crippen LogP contribution in [0, 0.1) is 5.92 Å². The SMILES string of the molecule is CNC1(CC2CCN(C(=O)OC(C)(C)C)CC2)CC1. The van der Waals surface area contributed by atoms with Crippen LogP contribution in [0.2, 0.25) is 0 Å². The lowest BCUT2D eigenvalue weighted by atomic mass is 9.89. The number of ether oxygens (including phenoxy) is 1. The molecule has 0 aromatic heterocycles. The number of hydrogen-bond donors (Lipinski definition) is 1. The van der Waals surface area contributed by atoms with Gasteiger partial charge in [0.25, 0.3) is 0 Å². The third kappa shape index (κ3) is 4.10. The van der Waals surface area contributed by atoms with Crippen molar-refractivity contribution in [2.24, 2.45) is 5.92 Å². The predicted octanol–water partition coefficient (Wildman–Crippen LogP) is 2.78. The van der Waals surface area contributed by atoms with Crippen LogP contribution in [0.4, 0.5) is 4.79 Å². The van der Waals surface area contributed by atoms with Crippen molar-refractivity contribution in [1.82, 2.24) is 10.2 Å². The summed E-state index contributed by atoms with van der Waals surface area (Å²) >= 11 is 0. The van der Waals surface area contributed by atoms with Crippen molar-refractivity contribution in [3.05, 3.63) is 0 Å². The van der Waals surface area contributed by atoms with E-state index >= 15 is 0 Å². The van der Waals surface area contributed by atoms with Gasteiger partial charge in [0.2, 0.25) is 0 Å². The van der Waals surface area contributed by atoms with Gasteiger partial charge in [-0.05, 0) is 65.8 Å².